The Hall–Kier alpha value is -0.950. The molecule has 1 aromatic rings. The number of allylic oxidation sites excluding steroid dienone is 3. The van der Waals surface area contributed by atoms with Gasteiger partial charge in [0.2, 0.25) is 0 Å². The highest BCUT2D eigenvalue weighted by atomic mass is 32.2. The van der Waals surface area contributed by atoms with Crippen molar-refractivity contribution in [1.29, 1.82) is 0 Å². The van der Waals surface area contributed by atoms with E-state index < -0.39 is 0 Å². The van der Waals surface area contributed by atoms with Crippen molar-refractivity contribution in [3.8, 4) is 0 Å². The van der Waals surface area contributed by atoms with E-state index in [0.717, 1.165) is 0 Å². The summed E-state index contributed by atoms with van der Waals surface area (Å²) in [7, 11) is 0. The molecule has 17 heavy (non-hydrogen) atoms. The van der Waals surface area contributed by atoms with Gasteiger partial charge >= 0.3 is 0 Å². The summed E-state index contributed by atoms with van der Waals surface area (Å²) in [4.78, 5) is 0. The monoisotopic (exact) mass is 244 g/mol. The van der Waals surface area contributed by atoms with Crippen LogP contribution in [-0.4, -0.2) is 5.75 Å². The van der Waals surface area contributed by atoms with Gasteiger partial charge in [-0.3, -0.25) is 0 Å². The van der Waals surface area contributed by atoms with Gasteiger partial charge in [0.1, 0.15) is 0 Å². The molecule has 0 saturated carbocycles. The molecule has 90 valence electrons. The minimum atomic E-state index is 0.521. The van der Waals surface area contributed by atoms with Crippen LogP contribution in [0.25, 0.3) is 0 Å². The summed E-state index contributed by atoms with van der Waals surface area (Å²) in [5.41, 5.74) is 2.92. The Morgan fingerprint density at radius 1 is 1.18 bits per heavy atom. The van der Waals surface area contributed by atoms with Crippen LogP contribution in [-0.2, 0) is 0 Å². The Morgan fingerprint density at radius 3 is 2.65 bits per heavy atom. The normalized spacial score (nSPS) is 16.6. The maximum absolute atomic E-state index is 2.40. The molecule has 0 amide bonds. The van der Waals surface area contributed by atoms with E-state index in [0.29, 0.717) is 5.25 Å². The summed E-state index contributed by atoms with van der Waals surface area (Å²) >= 11 is 2.06. The highest BCUT2D eigenvalue weighted by molar-refractivity contribution is 7.99. The number of hydrogen-bond donors (Lipinski definition) is 0. The van der Waals surface area contributed by atoms with E-state index >= 15 is 0 Å². The third-order valence-electron chi connectivity index (χ3n) is 2.92. The summed E-state index contributed by atoms with van der Waals surface area (Å²) in [6.07, 6.45) is 10.7. The molecule has 0 N–H and O–H groups in total. The lowest BCUT2D eigenvalue weighted by Gasteiger charge is -2.20. The third kappa shape index (κ3) is 3.50. The average Bonchev–Trinajstić information content (AvgIpc) is 2.42. The first-order valence-corrected chi connectivity index (χ1v) is 7.50. The van der Waals surface area contributed by atoms with Crippen LogP contribution in [0.1, 0.15) is 37.0 Å². The Bertz CT molecular complexity index is 389. The predicted octanol–water partition coefficient (Wildman–Crippen LogP) is 5.15. The van der Waals surface area contributed by atoms with Crippen LogP contribution in [0, 0.1) is 0 Å². The maximum atomic E-state index is 2.40. The molecular weight excluding hydrogens is 224 g/mol. The second-order valence-electron chi connectivity index (χ2n) is 4.35. The van der Waals surface area contributed by atoms with Gasteiger partial charge in [-0.1, -0.05) is 55.5 Å². The van der Waals surface area contributed by atoms with E-state index in [1.807, 2.05) is 0 Å². The average molecular weight is 244 g/mol. The van der Waals surface area contributed by atoms with Crippen LogP contribution in [0.5, 0.6) is 0 Å². The zero-order valence-electron chi connectivity index (χ0n) is 10.4. The van der Waals surface area contributed by atoms with E-state index in [-0.39, 0.29) is 0 Å². The van der Waals surface area contributed by atoms with Crippen molar-refractivity contribution < 1.29 is 0 Å². The van der Waals surface area contributed by atoms with Crippen LogP contribution < -0.4 is 0 Å². The molecule has 1 aliphatic rings. The summed E-state index contributed by atoms with van der Waals surface area (Å²) in [5, 5.41) is 0.521. The fraction of sp³-hybridized carbons (Fsp3) is 0.375. The van der Waals surface area contributed by atoms with Crippen molar-refractivity contribution in [3.05, 3.63) is 59.7 Å². The van der Waals surface area contributed by atoms with E-state index in [4.69, 9.17) is 0 Å². The van der Waals surface area contributed by atoms with E-state index in [2.05, 4.69) is 67.2 Å². The van der Waals surface area contributed by atoms with Crippen LogP contribution in [0.15, 0.2) is 54.1 Å². The molecule has 1 aromatic carbocycles. The molecule has 0 radical (unpaired) electrons. The van der Waals surface area contributed by atoms with Crippen molar-refractivity contribution in [3.63, 3.8) is 0 Å². The Kier molecular flexibility index (Phi) is 4.93. The third-order valence-corrected chi connectivity index (χ3v) is 4.44. The number of rotatable bonds is 5. The van der Waals surface area contributed by atoms with E-state index in [1.165, 1.54) is 36.2 Å². The standard InChI is InChI=1S/C16H20S/c1-2-13-17-16(14-9-5-3-6-10-14)15-11-7-4-8-12-15/h3,5-7,9-12,16H,2,4,8,13H2,1H3. The van der Waals surface area contributed by atoms with Crippen molar-refractivity contribution >= 4 is 11.8 Å². The zero-order valence-corrected chi connectivity index (χ0v) is 11.2. The number of thioether (sulfide) groups is 1. The van der Waals surface area contributed by atoms with Crippen molar-refractivity contribution in [2.75, 3.05) is 5.75 Å². The minimum Gasteiger partial charge on any atom is -0.149 e. The van der Waals surface area contributed by atoms with Crippen LogP contribution in [0.3, 0.4) is 0 Å². The molecule has 0 bridgehead atoms. The van der Waals surface area contributed by atoms with Gasteiger partial charge in [0.15, 0.2) is 0 Å². The number of hydrogen-bond acceptors (Lipinski definition) is 1. The molecule has 0 heterocycles. The SMILES string of the molecule is CCCSC(C1=CCCC=C1)c1ccccc1. The molecule has 0 fully saturated rings. The minimum absolute atomic E-state index is 0.521. The summed E-state index contributed by atoms with van der Waals surface area (Å²) in [5.74, 6) is 1.23. The molecule has 1 unspecified atom stereocenters. The van der Waals surface area contributed by atoms with E-state index in [9.17, 15) is 0 Å². The second-order valence-corrected chi connectivity index (χ2v) is 5.56. The molecular formula is C16H20S. The molecule has 0 nitrogen and oxygen atoms in total. The van der Waals surface area contributed by atoms with Crippen LogP contribution in [0.2, 0.25) is 0 Å². The summed E-state index contributed by atoms with van der Waals surface area (Å²) in [6, 6.07) is 10.9. The van der Waals surface area contributed by atoms with Crippen molar-refractivity contribution in [2.24, 2.45) is 0 Å². The van der Waals surface area contributed by atoms with Gasteiger partial charge < -0.3 is 0 Å². The van der Waals surface area contributed by atoms with E-state index in [1.54, 1.807) is 0 Å². The first-order chi connectivity index (χ1) is 8.42. The fourth-order valence-corrected chi connectivity index (χ4v) is 3.26. The molecule has 1 aliphatic carbocycles. The lowest BCUT2D eigenvalue weighted by molar-refractivity contribution is 0.984. The smallest absolute Gasteiger partial charge is 0.0543 e. The van der Waals surface area contributed by atoms with Gasteiger partial charge in [-0.25, -0.2) is 0 Å². The molecule has 2 rings (SSSR count). The second kappa shape index (κ2) is 6.70. The molecule has 1 heteroatoms. The first kappa shape index (κ1) is 12.5. The Labute approximate surface area is 109 Å². The largest absolute Gasteiger partial charge is 0.149 e. The lowest BCUT2D eigenvalue weighted by atomic mass is 9.99. The fourth-order valence-electron chi connectivity index (χ4n) is 2.08. The van der Waals surface area contributed by atoms with Crippen molar-refractivity contribution in [2.45, 2.75) is 31.4 Å². The lowest BCUT2D eigenvalue weighted by Crippen LogP contribution is -2.00. The van der Waals surface area contributed by atoms with Crippen LogP contribution >= 0.6 is 11.8 Å². The molecule has 0 spiro atoms. The molecule has 0 aromatic heterocycles. The topological polar surface area (TPSA) is 0 Å². The van der Waals surface area contributed by atoms with Gasteiger partial charge in [0, 0.05) is 0 Å². The molecule has 0 aliphatic heterocycles. The Morgan fingerprint density at radius 2 is 2.00 bits per heavy atom. The number of benzene rings is 1. The molecule has 1 atom stereocenters. The van der Waals surface area contributed by atoms with Gasteiger partial charge in [-0.05, 0) is 36.2 Å². The Balaban J connectivity index is 2.19. The maximum Gasteiger partial charge on any atom is 0.0543 e. The zero-order chi connectivity index (χ0) is 11.9. The van der Waals surface area contributed by atoms with Gasteiger partial charge in [-0.2, -0.15) is 0 Å². The first-order valence-electron chi connectivity index (χ1n) is 6.45. The molecule has 0 saturated heterocycles. The summed E-state index contributed by atoms with van der Waals surface area (Å²) < 4.78 is 0. The predicted molar refractivity (Wildman–Crippen MR) is 78.4 cm³/mol. The summed E-state index contributed by atoms with van der Waals surface area (Å²) in [6.45, 7) is 2.25. The van der Waals surface area contributed by atoms with Crippen LogP contribution in [0.4, 0.5) is 0 Å². The van der Waals surface area contributed by atoms with Gasteiger partial charge in [0.05, 0.1) is 5.25 Å². The van der Waals surface area contributed by atoms with Gasteiger partial charge in [0.25, 0.3) is 0 Å². The quantitative estimate of drug-likeness (QED) is 0.690. The highest BCUT2D eigenvalue weighted by Gasteiger charge is 2.15. The van der Waals surface area contributed by atoms with Crippen molar-refractivity contribution in [1.82, 2.24) is 0 Å². The van der Waals surface area contributed by atoms with Gasteiger partial charge in [-0.15, -0.1) is 11.8 Å². The highest BCUT2D eigenvalue weighted by Crippen LogP contribution is 2.38.